The predicted octanol–water partition coefficient (Wildman–Crippen LogP) is -0.208. The second-order valence-corrected chi connectivity index (χ2v) is 5.61. The Morgan fingerprint density at radius 2 is 2.10 bits per heavy atom. The van der Waals surface area contributed by atoms with Gasteiger partial charge in [-0.3, -0.25) is 4.79 Å². The lowest BCUT2D eigenvalue weighted by atomic mass is 10.0. The van der Waals surface area contributed by atoms with Crippen molar-refractivity contribution in [3.8, 4) is 0 Å². The normalized spacial score (nSPS) is 22.7. The summed E-state index contributed by atoms with van der Waals surface area (Å²) >= 11 is 0. The van der Waals surface area contributed by atoms with Crippen LogP contribution in [0.4, 0.5) is 4.79 Å². The molecular weight excluding hydrogens is 268 g/mol. The van der Waals surface area contributed by atoms with Gasteiger partial charge in [0.2, 0.25) is 5.91 Å². The first-order chi connectivity index (χ1) is 10.1. The van der Waals surface area contributed by atoms with Gasteiger partial charge in [-0.1, -0.05) is 30.3 Å². The third kappa shape index (κ3) is 2.85. The topological polar surface area (TPSA) is 78.7 Å². The average Bonchev–Trinajstić information content (AvgIpc) is 2.88. The summed E-state index contributed by atoms with van der Waals surface area (Å²) < 4.78 is 0. The molecule has 3 N–H and O–H groups in total. The van der Waals surface area contributed by atoms with Gasteiger partial charge in [0, 0.05) is 26.2 Å². The summed E-state index contributed by atoms with van der Waals surface area (Å²) in [6.07, 6.45) is 0.543. The summed E-state index contributed by atoms with van der Waals surface area (Å²) in [5.74, 6) is -0.0298. The summed E-state index contributed by atoms with van der Waals surface area (Å²) in [6, 6.07) is 9.32. The van der Waals surface area contributed by atoms with E-state index in [0.717, 1.165) is 5.56 Å². The first kappa shape index (κ1) is 13.9. The smallest absolute Gasteiger partial charge is 0.317 e. The Morgan fingerprint density at radius 3 is 2.86 bits per heavy atom. The summed E-state index contributed by atoms with van der Waals surface area (Å²) in [7, 11) is 0. The zero-order valence-electron chi connectivity index (χ0n) is 11.9. The molecule has 3 amide bonds. The van der Waals surface area contributed by atoms with Crippen molar-refractivity contribution in [1.29, 1.82) is 0 Å². The highest BCUT2D eigenvalue weighted by Crippen LogP contribution is 2.15. The Kier molecular flexibility index (Phi) is 3.79. The fourth-order valence-electron chi connectivity index (χ4n) is 2.99. The minimum absolute atomic E-state index is 0.0271. The second kappa shape index (κ2) is 5.73. The molecule has 6 nitrogen and oxygen atoms in total. The van der Waals surface area contributed by atoms with Crippen LogP contribution in [0.3, 0.4) is 0 Å². The number of fused-ring (bicyclic) bond motifs is 1. The van der Waals surface area contributed by atoms with Gasteiger partial charge in [0.15, 0.2) is 0 Å². The molecule has 21 heavy (non-hydrogen) atoms. The number of carbonyl (C=O) groups is 2. The lowest BCUT2D eigenvalue weighted by Gasteiger charge is -2.37. The predicted molar refractivity (Wildman–Crippen MR) is 78.6 cm³/mol. The summed E-state index contributed by atoms with van der Waals surface area (Å²) in [5.41, 5.74) is 7.12. The second-order valence-electron chi connectivity index (χ2n) is 5.61. The summed E-state index contributed by atoms with van der Waals surface area (Å²) in [6.45, 7) is 2.32. The molecule has 0 aromatic heterocycles. The number of nitrogens with zero attached hydrogens (tertiary/aromatic N) is 2. The van der Waals surface area contributed by atoms with Crippen LogP contribution >= 0.6 is 0 Å². The molecule has 0 bridgehead atoms. The third-order valence-corrected chi connectivity index (χ3v) is 4.16. The van der Waals surface area contributed by atoms with E-state index >= 15 is 0 Å². The van der Waals surface area contributed by atoms with Gasteiger partial charge in [0.1, 0.15) is 0 Å². The van der Waals surface area contributed by atoms with E-state index in [1.165, 1.54) is 0 Å². The van der Waals surface area contributed by atoms with Crippen LogP contribution in [0.1, 0.15) is 5.56 Å². The molecule has 2 atom stereocenters. The Bertz CT molecular complexity index is 534. The van der Waals surface area contributed by atoms with Gasteiger partial charge in [-0.2, -0.15) is 0 Å². The van der Waals surface area contributed by atoms with Crippen LogP contribution in [0, 0.1) is 0 Å². The molecule has 2 fully saturated rings. The number of carbonyl (C=O) groups excluding carboxylic acids is 2. The van der Waals surface area contributed by atoms with Gasteiger partial charge >= 0.3 is 6.03 Å². The quantitative estimate of drug-likeness (QED) is 0.808. The molecular formula is C15H20N4O2. The van der Waals surface area contributed by atoms with Crippen LogP contribution < -0.4 is 11.1 Å². The Hall–Kier alpha value is -2.08. The number of nitrogens with one attached hydrogen (secondary N) is 1. The molecule has 1 aromatic carbocycles. The zero-order chi connectivity index (χ0) is 14.8. The van der Waals surface area contributed by atoms with Gasteiger partial charge in [-0.25, -0.2) is 4.79 Å². The van der Waals surface area contributed by atoms with E-state index in [4.69, 9.17) is 5.73 Å². The maximum absolute atomic E-state index is 12.4. The number of hydrogen-bond acceptors (Lipinski definition) is 3. The molecule has 2 saturated heterocycles. The van der Waals surface area contributed by atoms with E-state index in [1.807, 2.05) is 30.3 Å². The molecule has 112 valence electrons. The number of benzene rings is 1. The van der Waals surface area contributed by atoms with Gasteiger partial charge in [-0.05, 0) is 12.0 Å². The van der Waals surface area contributed by atoms with Crippen LogP contribution in [-0.2, 0) is 11.2 Å². The van der Waals surface area contributed by atoms with Gasteiger partial charge < -0.3 is 20.9 Å². The lowest BCUT2D eigenvalue weighted by molar-refractivity contribution is -0.134. The molecule has 0 radical (unpaired) electrons. The van der Waals surface area contributed by atoms with E-state index in [2.05, 4.69) is 5.32 Å². The first-order valence-electron chi connectivity index (χ1n) is 7.28. The minimum atomic E-state index is -0.524. The van der Waals surface area contributed by atoms with Crippen molar-refractivity contribution in [2.75, 3.05) is 26.2 Å². The molecule has 3 rings (SSSR count). The van der Waals surface area contributed by atoms with Crippen molar-refractivity contribution in [3.05, 3.63) is 35.9 Å². The molecule has 0 spiro atoms. The van der Waals surface area contributed by atoms with Crippen LogP contribution in [0.2, 0.25) is 0 Å². The van der Waals surface area contributed by atoms with Crippen LogP contribution in [0.5, 0.6) is 0 Å². The molecule has 2 aliphatic rings. The van der Waals surface area contributed by atoms with E-state index in [0.29, 0.717) is 32.6 Å². The molecule has 2 aliphatic heterocycles. The number of urea groups is 1. The highest BCUT2D eigenvalue weighted by molar-refractivity contribution is 5.83. The number of hydrogen-bond donors (Lipinski definition) is 2. The van der Waals surface area contributed by atoms with Crippen molar-refractivity contribution in [2.24, 2.45) is 5.73 Å². The standard InChI is InChI=1S/C15H20N4O2/c16-13(8-11-4-2-1-3-5-11)14(20)18-6-7-19-12(10-18)9-17-15(19)21/h1-5,12-13H,6-10,16H2,(H,17,21)/t12?,13-/m1/s1. The number of rotatable bonds is 3. The monoisotopic (exact) mass is 288 g/mol. The molecule has 2 heterocycles. The van der Waals surface area contributed by atoms with Crippen LogP contribution in [-0.4, -0.2) is 60.0 Å². The third-order valence-electron chi connectivity index (χ3n) is 4.16. The Labute approximate surface area is 123 Å². The fourth-order valence-corrected chi connectivity index (χ4v) is 2.99. The lowest BCUT2D eigenvalue weighted by Crippen LogP contribution is -2.57. The van der Waals surface area contributed by atoms with Gasteiger partial charge in [-0.15, -0.1) is 0 Å². The van der Waals surface area contributed by atoms with Crippen molar-refractivity contribution < 1.29 is 9.59 Å². The SMILES string of the molecule is N[C@H](Cc1ccccc1)C(=O)N1CCN2C(=O)NCC2C1. The molecule has 1 aromatic rings. The average molecular weight is 288 g/mol. The van der Waals surface area contributed by atoms with Crippen LogP contribution in [0.25, 0.3) is 0 Å². The summed E-state index contributed by atoms with van der Waals surface area (Å²) in [5, 5.41) is 2.81. The highest BCUT2D eigenvalue weighted by Gasteiger charge is 2.37. The number of amides is 3. The van der Waals surface area contributed by atoms with Crippen molar-refractivity contribution in [3.63, 3.8) is 0 Å². The van der Waals surface area contributed by atoms with Gasteiger partial charge in [0.05, 0.1) is 12.1 Å². The van der Waals surface area contributed by atoms with E-state index in [-0.39, 0.29) is 18.0 Å². The molecule has 0 aliphatic carbocycles. The van der Waals surface area contributed by atoms with Crippen molar-refractivity contribution >= 4 is 11.9 Å². The maximum Gasteiger partial charge on any atom is 0.317 e. The largest absolute Gasteiger partial charge is 0.337 e. The number of piperazine rings is 1. The molecule has 6 heteroatoms. The Balaban J connectivity index is 1.59. The van der Waals surface area contributed by atoms with E-state index in [1.54, 1.807) is 9.80 Å². The highest BCUT2D eigenvalue weighted by atomic mass is 16.2. The minimum Gasteiger partial charge on any atom is -0.337 e. The van der Waals surface area contributed by atoms with E-state index in [9.17, 15) is 9.59 Å². The molecule has 0 saturated carbocycles. The molecule has 1 unspecified atom stereocenters. The summed E-state index contributed by atoms with van der Waals surface area (Å²) in [4.78, 5) is 27.6. The Morgan fingerprint density at radius 1 is 1.33 bits per heavy atom. The van der Waals surface area contributed by atoms with Crippen LogP contribution in [0.15, 0.2) is 30.3 Å². The maximum atomic E-state index is 12.4. The zero-order valence-corrected chi connectivity index (χ0v) is 11.9. The fraction of sp³-hybridized carbons (Fsp3) is 0.467. The van der Waals surface area contributed by atoms with E-state index < -0.39 is 6.04 Å². The first-order valence-corrected chi connectivity index (χ1v) is 7.28. The van der Waals surface area contributed by atoms with Gasteiger partial charge in [0.25, 0.3) is 0 Å². The van der Waals surface area contributed by atoms with Crippen molar-refractivity contribution in [1.82, 2.24) is 15.1 Å². The van der Waals surface area contributed by atoms with Crippen molar-refractivity contribution in [2.45, 2.75) is 18.5 Å². The number of nitrogens with two attached hydrogens (primary N) is 1.